The fraction of sp³-hybridized carbons (Fsp3) is 0.615. The molecule has 0 bridgehead atoms. The van der Waals surface area contributed by atoms with E-state index in [1.807, 2.05) is 13.2 Å². The van der Waals surface area contributed by atoms with Crippen LogP contribution >= 0.6 is 15.9 Å². The Morgan fingerprint density at radius 1 is 1.53 bits per heavy atom. The maximum Gasteiger partial charge on any atom is 0.132 e. The van der Waals surface area contributed by atoms with Crippen molar-refractivity contribution in [2.24, 2.45) is 5.92 Å². The van der Waals surface area contributed by atoms with Crippen molar-refractivity contribution in [1.82, 2.24) is 10.3 Å². The zero-order valence-corrected chi connectivity index (χ0v) is 12.1. The van der Waals surface area contributed by atoms with Gasteiger partial charge in [0, 0.05) is 36.4 Å². The van der Waals surface area contributed by atoms with Crippen LogP contribution in [0.15, 0.2) is 16.7 Å². The monoisotopic (exact) mass is 297 g/mol. The fourth-order valence-electron chi connectivity index (χ4n) is 2.29. The average molecular weight is 298 g/mol. The van der Waals surface area contributed by atoms with Crippen molar-refractivity contribution in [2.75, 3.05) is 25.5 Å². The maximum atomic E-state index is 4.55. The quantitative estimate of drug-likeness (QED) is 0.906. The molecule has 1 aromatic rings. The lowest BCUT2D eigenvalue weighted by molar-refractivity contribution is 0.321. The van der Waals surface area contributed by atoms with Crippen molar-refractivity contribution in [3.8, 4) is 0 Å². The summed E-state index contributed by atoms with van der Waals surface area (Å²) in [7, 11) is 4.12. The van der Waals surface area contributed by atoms with Crippen LogP contribution < -0.4 is 10.2 Å². The lowest BCUT2D eigenvalue weighted by Crippen LogP contribution is -2.30. The summed E-state index contributed by atoms with van der Waals surface area (Å²) >= 11 is 3.48. The minimum Gasteiger partial charge on any atom is -0.359 e. The zero-order chi connectivity index (χ0) is 12.3. The Kier molecular flexibility index (Phi) is 4.40. The van der Waals surface area contributed by atoms with E-state index in [-0.39, 0.29) is 0 Å². The second kappa shape index (κ2) is 5.83. The second-order valence-corrected chi connectivity index (χ2v) is 5.76. The summed E-state index contributed by atoms with van der Waals surface area (Å²) < 4.78 is 1.04. The minimum atomic E-state index is 0.858. The van der Waals surface area contributed by atoms with Crippen molar-refractivity contribution in [3.63, 3.8) is 0 Å². The summed E-state index contributed by atoms with van der Waals surface area (Å²) in [5.74, 6) is 1.97. The molecule has 0 atom stereocenters. The van der Waals surface area contributed by atoms with Crippen LogP contribution in [0.1, 0.15) is 24.8 Å². The van der Waals surface area contributed by atoms with Crippen molar-refractivity contribution < 1.29 is 0 Å². The Balaban J connectivity index is 2.11. The average Bonchev–Trinajstić information content (AvgIpc) is 2.24. The van der Waals surface area contributed by atoms with Gasteiger partial charge in [-0.15, -0.1) is 0 Å². The van der Waals surface area contributed by atoms with Crippen molar-refractivity contribution in [2.45, 2.75) is 25.8 Å². The van der Waals surface area contributed by atoms with Crippen LogP contribution in [0.2, 0.25) is 0 Å². The molecule has 4 heteroatoms. The highest BCUT2D eigenvalue weighted by molar-refractivity contribution is 9.10. The topological polar surface area (TPSA) is 28.2 Å². The standard InChI is InChI=1S/C13H20BrN3/c1-15-7-11-6-12(14)8-16-13(11)17(2)9-10-4-3-5-10/h6,8,10,15H,3-5,7,9H2,1-2H3. The van der Waals surface area contributed by atoms with E-state index >= 15 is 0 Å². The van der Waals surface area contributed by atoms with Gasteiger partial charge < -0.3 is 10.2 Å². The van der Waals surface area contributed by atoms with Gasteiger partial charge in [0.1, 0.15) is 5.82 Å². The maximum absolute atomic E-state index is 4.55. The number of nitrogens with zero attached hydrogens (tertiary/aromatic N) is 2. The molecule has 0 spiro atoms. The van der Waals surface area contributed by atoms with E-state index in [9.17, 15) is 0 Å². The summed E-state index contributed by atoms with van der Waals surface area (Å²) in [6.07, 6.45) is 6.03. The molecule has 0 saturated heterocycles. The minimum absolute atomic E-state index is 0.858. The summed E-state index contributed by atoms with van der Waals surface area (Å²) in [6.45, 7) is 1.99. The first-order chi connectivity index (χ1) is 8.20. The van der Waals surface area contributed by atoms with Gasteiger partial charge in [0.15, 0.2) is 0 Å². The smallest absolute Gasteiger partial charge is 0.132 e. The number of aromatic nitrogens is 1. The van der Waals surface area contributed by atoms with E-state index in [1.54, 1.807) is 0 Å². The van der Waals surface area contributed by atoms with Gasteiger partial charge in [-0.25, -0.2) is 4.98 Å². The molecule has 2 rings (SSSR count). The lowest BCUT2D eigenvalue weighted by atomic mass is 9.85. The Labute approximate surface area is 112 Å². The normalized spacial score (nSPS) is 15.7. The summed E-state index contributed by atoms with van der Waals surface area (Å²) in [6, 6.07) is 2.15. The van der Waals surface area contributed by atoms with E-state index in [4.69, 9.17) is 0 Å². The van der Waals surface area contributed by atoms with Gasteiger partial charge in [0.25, 0.3) is 0 Å². The zero-order valence-electron chi connectivity index (χ0n) is 10.5. The molecule has 0 aromatic carbocycles. The first-order valence-corrected chi connectivity index (χ1v) is 7.00. The molecular formula is C13H20BrN3. The van der Waals surface area contributed by atoms with Crippen LogP contribution in [-0.2, 0) is 6.54 Å². The molecule has 94 valence electrons. The van der Waals surface area contributed by atoms with Crippen LogP contribution in [0.5, 0.6) is 0 Å². The van der Waals surface area contributed by atoms with Gasteiger partial charge in [0.05, 0.1) is 0 Å². The Bertz CT molecular complexity index is 377. The highest BCUT2D eigenvalue weighted by Crippen LogP contribution is 2.29. The summed E-state index contributed by atoms with van der Waals surface area (Å²) in [5.41, 5.74) is 1.25. The Morgan fingerprint density at radius 3 is 2.88 bits per heavy atom. The molecule has 1 saturated carbocycles. The molecule has 1 aliphatic rings. The Morgan fingerprint density at radius 2 is 2.29 bits per heavy atom. The lowest BCUT2D eigenvalue weighted by Gasteiger charge is -2.31. The number of hydrogen-bond donors (Lipinski definition) is 1. The van der Waals surface area contributed by atoms with Gasteiger partial charge in [-0.05, 0) is 47.8 Å². The van der Waals surface area contributed by atoms with E-state index < -0.39 is 0 Å². The summed E-state index contributed by atoms with van der Waals surface area (Å²) in [4.78, 5) is 6.84. The van der Waals surface area contributed by atoms with Crippen LogP contribution in [-0.4, -0.2) is 25.6 Å². The number of pyridine rings is 1. The number of rotatable bonds is 5. The van der Waals surface area contributed by atoms with Crippen LogP contribution in [0.4, 0.5) is 5.82 Å². The predicted octanol–water partition coefficient (Wildman–Crippen LogP) is 2.80. The van der Waals surface area contributed by atoms with Gasteiger partial charge in [0.2, 0.25) is 0 Å². The molecule has 0 amide bonds. The number of anilines is 1. The number of halogens is 1. The largest absolute Gasteiger partial charge is 0.359 e. The number of hydrogen-bond acceptors (Lipinski definition) is 3. The van der Waals surface area contributed by atoms with Gasteiger partial charge >= 0.3 is 0 Å². The van der Waals surface area contributed by atoms with Gasteiger partial charge in [-0.3, -0.25) is 0 Å². The molecule has 1 aromatic heterocycles. The molecule has 1 aliphatic carbocycles. The fourth-order valence-corrected chi connectivity index (χ4v) is 2.67. The van der Waals surface area contributed by atoms with E-state index in [0.29, 0.717) is 0 Å². The summed E-state index contributed by atoms with van der Waals surface area (Å²) in [5, 5.41) is 3.20. The molecule has 17 heavy (non-hydrogen) atoms. The van der Waals surface area contributed by atoms with Crippen LogP contribution in [0.3, 0.4) is 0 Å². The third-order valence-corrected chi connectivity index (χ3v) is 3.83. The third kappa shape index (κ3) is 3.19. The van der Waals surface area contributed by atoms with E-state index in [1.165, 1.54) is 24.8 Å². The van der Waals surface area contributed by atoms with Crippen molar-refractivity contribution in [1.29, 1.82) is 0 Å². The molecule has 3 nitrogen and oxygen atoms in total. The van der Waals surface area contributed by atoms with Crippen molar-refractivity contribution in [3.05, 3.63) is 22.3 Å². The molecule has 0 unspecified atom stereocenters. The predicted molar refractivity (Wildman–Crippen MR) is 75.3 cm³/mol. The number of nitrogens with one attached hydrogen (secondary N) is 1. The van der Waals surface area contributed by atoms with Gasteiger partial charge in [-0.1, -0.05) is 6.42 Å². The highest BCUT2D eigenvalue weighted by atomic mass is 79.9. The molecule has 1 N–H and O–H groups in total. The van der Waals surface area contributed by atoms with Crippen LogP contribution in [0.25, 0.3) is 0 Å². The third-order valence-electron chi connectivity index (χ3n) is 3.40. The molecule has 1 fully saturated rings. The SMILES string of the molecule is CNCc1cc(Br)cnc1N(C)CC1CCC1. The molecule has 0 aliphatic heterocycles. The highest BCUT2D eigenvalue weighted by Gasteiger charge is 2.20. The second-order valence-electron chi connectivity index (χ2n) is 4.84. The van der Waals surface area contributed by atoms with Gasteiger partial charge in [-0.2, -0.15) is 0 Å². The van der Waals surface area contributed by atoms with Crippen molar-refractivity contribution >= 4 is 21.7 Å². The van der Waals surface area contributed by atoms with Crippen LogP contribution in [0, 0.1) is 5.92 Å². The Hall–Kier alpha value is -0.610. The molecule has 0 radical (unpaired) electrons. The first kappa shape index (κ1) is 12.8. The molecular weight excluding hydrogens is 278 g/mol. The van der Waals surface area contributed by atoms with E-state index in [0.717, 1.165) is 29.3 Å². The molecule has 1 heterocycles. The first-order valence-electron chi connectivity index (χ1n) is 6.21. The van der Waals surface area contributed by atoms with E-state index in [2.05, 4.69) is 44.2 Å².